The van der Waals surface area contributed by atoms with Crippen molar-refractivity contribution in [1.82, 2.24) is 15.0 Å². The summed E-state index contributed by atoms with van der Waals surface area (Å²) in [5, 5.41) is 3.81. The first-order valence-corrected chi connectivity index (χ1v) is 5.26. The van der Waals surface area contributed by atoms with Crippen LogP contribution in [0.3, 0.4) is 0 Å². The smallest absolute Gasteiger partial charge is 0.223 e. The van der Waals surface area contributed by atoms with Crippen molar-refractivity contribution in [1.29, 1.82) is 0 Å². The molecule has 0 bridgehead atoms. The van der Waals surface area contributed by atoms with Gasteiger partial charge in [-0.05, 0) is 26.3 Å². The van der Waals surface area contributed by atoms with Gasteiger partial charge in [0.15, 0.2) is 5.82 Å². The zero-order valence-electron chi connectivity index (χ0n) is 9.16. The predicted octanol–water partition coefficient (Wildman–Crippen LogP) is 1.70. The minimum atomic E-state index is -1.07. The average molecular weight is 213 g/mol. The van der Waals surface area contributed by atoms with Crippen molar-refractivity contribution in [2.45, 2.75) is 38.9 Å². The lowest BCUT2D eigenvalue weighted by atomic mass is 9.97. The topological polar surface area (TPSA) is 42.2 Å². The fraction of sp³-hybridized carbons (Fsp3) is 0.800. The van der Waals surface area contributed by atoms with Gasteiger partial charge < -0.3 is 4.52 Å². The van der Waals surface area contributed by atoms with Crippen LogP contribution >= 0.6 is 0 Å². The molecule has 5 heteroatoms. The first-order valence-electron chi connectivity index (χ1n) is 5.26. The lowest BCUT2D eigenvalue weighted by molar-refractivity contribution is 0.0545. The minimum absolute atomic E-state index is 0.459. The van der Waals surface area contributed by atoms with E-state index in [0.29, 0.717) is 31.2 Å². The van der Waals surface area contributed by atoms with E-state index in [1.807, 2.05) is 4.90 Å². The summed E-state index contributed by atoms with van der Waals surface area (Å²) in [5.41, 5.74) is -1.07. The minimum Gasteiger partial charge on any atom is -0.340 e. The van der Waals surface area contributed by atoms with Crippen LogP contribution in [0.2, 0.25) is 0 Å². The molecule has 1 aromatic heterocycles. The van der Waals surface area contributed by atoms with E-state index in [1.54, 1.807) is 13.8 Å². The van der Waals surface area contributed by atoms with Crippen LogP contribution in [0.5, 0.6) is 0 Å². The van der Waals surface area contributed by atoms with Crippen molar-refractivity contribution >= 4 is 0 Å². The number of nitrogens with zero attached hydrogens (tertiary/aromatic N) is 3. The third kappa shape index (κ3) is 2.75. The van der Waals surface area contributed by atoms with Crippen LogP contribution in [0.1, 0.15) is 31.5 Å². The highest BCUT2D eigenvalue weighted by Gasteiger charge is 2.30. The molecule has 0 aromatic carbocycles. The maximum Gasteiger partial charge on any atom is 0.223 e. The molecule has 0 amide bonds. The molecule has 0 spiro atoms. The quantitative estimate of drug-likeness (QED) is 0.750. The van der Waals surface area contributed by atoms with Crippen LogP contribution < -0.4 is 0 Å². The molecule has 1 aliphatic heterocycles. The van der Waals surface area contributed by atoms with Gasteiger partial charge in [0.25, 0.3) is 0 Å². The monoisotopic (exact) mass is 213 g/mol. The van der Waals surface area contributed by atoms with Gasteiger partial charge in [-0.15, -0.1) is 0 Å². The molecule has 0 saturated carbocycles. The summed E-state index contributed by atoms with van der Waals surface area (Å²) in [6.45, 7) is 5.36. The van der Waals surface area contributed by atoms with Crippen molar-refractivity contribution in [2.75, 3.05) is 13.1 Å². The van der Waals surface area contributed by atoms with Crippen LogP contribution in [0.15, 0.2) is 4.52 Å². The molecule has 0 aliphatic carbocycles. The Kier molecular flexibility index (Phi) is 2.73. The van der Waals surface area contributed by atoms with Gasteiger partial charge in [0.2, 0.25) is 5.89 Å². The molecular weight excluding hydrogens is 197 g/mol. The maximum absolute atomic E-state index is 13.7. The Bertz CT molecular complexity index is 337. The van der Waals surface area contributed by atoms with Crippen LogP contribution in [0.25, 0.3) is 0 Å². The number of hydrogen-bond acceptors (Lipinski definition) is 4. The Hall–Kier alpha value is -0.970. The van der Waals surface area contributed by atoms with E-state index in [-0.39, 0.29) is 0 Å². The molecule has 84 valence electrons. The molecule has 1 aromatic rings. The van der Waals surface area contributed by atoms with Crippen molar-refractivity contribution in [3.05, 3.63) is 11.7 Å². The Labute approximate surface area is 88.5 Å². The summed E-state index contributed by atoms with van der Waals surface area (Å²) in [4.78, 5) is 6.15. The highest BCUT2D eigenvalue weighted by molar-refractivity contribution is 4.89. The third-order valence-electron chi connectivity index (χ3n) is 2.66. The molecule has 1 saturated heterocycles. The van der Waals surface area contributed by atoms with Gasteiger partial charge >= 0.3 is 0 Å². The van der Waals surface area contributed by atoms with Gasteiger partial charge in [0.1, 0.15) is 5.67 Å². The van der Waals surface area contributed by atoms with E-state index in [0.717, 1.165) is 13.0 Å². The Morgan fingerprint density at radius 3 is 3.00 bits per heavy atom. The third-order valence-corrected chi connectivity index (χ3v) is 2.66. The molecular formula is C10H16FN3O. The molecule has 1 atom stereocenters. The summed E-state index contributed by atoms with van der Waals surface area (Å²) in [7, 11) is 0. The number of alkyl halides is 1. The summed E-state index contributed by atoms with van der Waals surface area (Å²) < 4.78 is 18.6. The van der Waals surface area contributed by atoms with E-state index >= 15 is 0 Å². The van der Waals surface area contributed by atoms with E-state index in [9.17, 15) is 4.39 Å². The van der Waals surface area contributed by atoms with Gasteiger partial charge in [0.05, 0.1) is 6.54 Å². The largest absolute Gasteiger partial charge is 0.340 e. The van der Waals surface area contributed by atoms with Gasteiger partial charge in [-0.1, -0.05) is 5.16 Å². The second-order valence-electron chi connectivity index (χ2n) is 4.46. The fourth-order valence-electron chi connectivity index (χ4n) is 2.04. The molecule has 1 fully saturated rings. The molecule has 1 unspecified atom stereocenters. The van der Waals surface area contributed by atoms with Gasteiger partial charge in [0, 0.05) is 13.5 Å². The molecule has 2 heterocycles. The number of halogens is 1. The first-order chi connectivity index (χ1) is 7.05. The molecule has 4 nitrogen and oxygen atoms in total. The second kappa shape index (κ2) is 3.89. The second-order valence-corrected chi connectivity index (χ2v) is 4.46. The van der Waals surface area contributed by atoms with Crippen molar-refractivity contribution in [3.8, 4) is 0 Å². The van der Waals surface area contributed by atoms with Crippen LogP contribution in [-0.4, -0.2) is 33.8 Å². The standard InChI is InChI=1S/C10H16FN3O/c1-8-12-9(13-15-8)6-14-5-3-4-10(2,11)7-14/h3-7H2,1-2H3. The number of rotatable bonds is 2. The van der Waals surface area contributed by atoms with E-state index in [1.165, 1.54) is 0 Å². The maximum atomic E-state index is 13.7. The zero-order chi connectivity index (χ0) is 10.9. The van der Waals surface area contributed by atoms with Crippen LogP contribution in [0, 0.1) is 6.92 Å². The van der Waals surface area contributed by atoms with Crippen molar-refractivity contribution in [3.63, 3.8) is 0 Å². The van der Waals surface area contributed by atoms with Gasteiger partial charge in [-0.25, -0.2) is 4.39 Å². The summed E-state index contributed by atoms with van der Waals surface area (Å²) in [5.74, 6) is 1.20. The molecule has 1 aliphatic rings. The molecule has 15 heavy (non-hydrogen) atoms. The van der Waals surface area contributed by atoms with Crippen molar-refractivity contribution in [2.24, 2.45) is 0 Å². The van der Waals surface area contributed by atoms with E-state index < -0.39 is 5.67 Å². The molecule has 0 radical (unpaired) electrons. The first kappa shape index (κ1) is 10.5. The normalized spacial score (nSPS) is 28.2. The number of aryl methyl sites for hydroxylation is 1. The van der Waals surface area contributed by atoms with Crippen molar-refractivity contribution < 1.29 is 8.91 Å². The Balaban J connectivity index is 1.95. The Morgan fingerprint density at radius 2 is 2.40 bits per heavy atom. The summed E-state index contributed by atoms with van der Waals surface area (Å²) in [6, 6.07) is 0. The van der Waals surface area contributed by atoms with Gasteiger partial charge in [-0.3, -0.25) is 4.90 Å². The number of hydrogen-bond donors (Lipinski definition) is 0. The molecule has 0 N–H and O–H groups in total. The molecule has 2 rings (SSSR count). The lowest BCUT2D eigenvalue weighted by Crippen LogP contribution is -2.43. The van der Waals surface area contributed by atoms with Crippen LogP contribution in [-0.2, 0) is 6.54 Å². The predicted molar refractivity (Wildman–Crippen MR) is 53.1 cm³/mol. The highest BCUT2D eigenvalue weighted by atomic mass is 19.1. The summed E-state index contributed by atoms with van der Waals surface area (Å²) >= 11 is 0. The zero-order valence-corrected chi connectivity index (χ0v) is 9.16. The van der Waals surface area contributed by atoms with E-state index in [2.05, 4.69) is 10.1 Å². The van der Waals surface area contributed by atoms with Crippen LogP contribution in [0.4, 0.5) is 4.39 Å². The number of aromatic nitrogens is 2. The van der Waals surface area contributed by atoms with Gasteiger partial charge in [-0.2, -0.15) is 4.98 Å². The summed E-state index contributed by atoms with van der Waals surface area (Å²) in [6.07, 6.45) is 1.54. The highest BCUT2D eigenvalue weighted by Crippen LogP contribution is 2.25. The number of likely N-dealkylation sites (tertiary alicyclic amines) is 1. The Morgan fingerprint density at radius 1 is 1.60 bits per heavy atom. The fourth-order valence-corrected chi connectivity index (χ4v) is 2.04. The number of piperidine rings is 1. The average Bonchev–Trinajstić information content (AvgIpc) is 2.49. The lowest BCUT2D eigenvalue weighted by Gasteiger charge is -2.34. The van der Waals surface area contributed by atoms with E-state index in [4.69, 9.17) is 4.52 Å². The SMILES string of the molecule is Cc1nc(CN2CCCC(C)(F)C2)no1.